The highest BCUT2D eigenvalue weighted by Crippen LogP contribution is 2.41. The van der Waals surface area contributed by atoms with Gasteiger partial charge in [0.1, 0.15) is 6.04 Å². The number of pyridine rings is 1. The predicted octanol–water partition coefficient (Wildman–Crippen LogP) is 4.20. The number of nitrogens with one attached hydrogen (secondary N) is 1. The molecule has 140 valence electrons. The minimum atomic E-state index is -4.17. The number of rotatable bonds is 6. The van der Waals surface area contributed by atoms with Gasteiger partial charge < -0.3 is 0 Å². The molecule has 0 saturated heterocycles. The van der Waals surface area contributed by atoms with Gasteiger partial charge in [-0.2, -0.15) is 13.5 Å². The van der Waals surface area contributed by atoms with Crippen LogP contribution in [0.5, 0.6) is 0 Å². The zero-order valence-corrected chi connectivity index (χ0v) is 15.3. The van der Waals surface area contributed by atoms with Gasteiger partial charge in [-0.05, 0) is 36.8 Å². The number of benzene rings is 2. The molecule has 1 heterocycles. The molecular formula is C20H18F2N2O2S. The molecule has 3 aromatic rings. The van der Waals surface area contributed by atoms with Crippen molar-refractivity contribution in [2.45, 2.75) is 23.8 Å². The molecule has 0 aliphatic rings. The molecule has 0 saturated carbocycles. The number of hydrogen-bond acceptors (Lipinski definition) is 3. The lowest BCUT2D eigenvalue weighted by atomic mass is 9.97. The summed E-state index contributed by atoms with van der Waals surface area (Å²) in [4.78, 5) is 3.66. The van der Waals surface area contributed by atoms with Gasteiger partial charge in [-0.1, -0.05) is 48.0 Å². The molecule has 0 spiro atoms. The van der Waals surface area contributed by atoms with Gasteiger partial charge in [-0.15, -0.1) is 0 Å². The van der Waals surface area contributed by atoms with Crippen molar-refractivity contribution in [1.82, 2.24) is 9.71 Å². The van der Waals surface area contributed by atoms with E-state index in [4.69, 9.17) is 0 Å². The van der Waals surface area contributed by atoms with Gasteiger partial charge in [0.15, 0.2) is 0 Å². The van der Waals surface area contributed by atoms with Gasteiger partial charge >= 0.3 is 0 Å². The molecular weight excluding hydrogens is 370 g/mol. The van der Waals surface area contributed by atoms with Gasteiger partial charge in [0, 0.05) is 18.0 Å². The first-order chi connectivity index (χ1) is 12.8. The van der Waals surface area contributed by atoms with Crippen LogP contribution in [0.3, 0.4) is 0 Å². The molecule has 3 rings (SSSR count). The van der Waals surface area contributed by atoms with Crippen LogP contribution in [0.1, 0.15) is 22.7 Å². The molecule has 0 bridgehead atoms. The molecule has 4 nitrogen and oxygen atoms in total. The van der Waals surface area contributed by atoms with Crippen molar-refractivity contribution in [3.8, 4) is 0 Å². The van der Waals surface area contributed by atoms with Gasteiger partial charge in [0.2, 0.25) is 10.0 Å². The lowest BCUT2D eigenvalue weighted by Crippen LogP contribution is -2.39. The fraction of sp³-hybridized carbons (Fsp3) is 0.150. The molecule has 1 N–H and O–H groups in total. The molecule has 0 radical (unpaired) electrons. The van der Waals surface area contributed by atoms with Crippen LogP contribution in [0.25, 0.3) is 0 Å². The lowest BCUT2D eigenvalue weighted by Gasteiger charge is -2.28. The largest absolute Gasteiger partial charge is 0.294 e. The van der Waals surface area contributed by atoms with E-state index < -0.39 is 22.0 Å². The van der Waals surface area contributed by atoms with Crippen molar-refractivity contribution in [2.75, 3.05) is 0 Å². The molecule has 0 fully saturated rings. The van der Waals surface area contributed by atoms with Crippen molar-refractivity contribution in [3.63, 3.8) is 0 Å². The second kappa shape index (κ2) is 7.54. The Hall–Kier alpha value is -2.64. The summed E-state index contributed by atoms with van der Waals surface area (Å²) in [5.74, 6) is -3.51. The molecule has 2 aromatic carbocycles. The first-order valence-corrected chi connectivity index (χ1v) is 9.71. The smallest absolute Gasteiger partial charge is 0.264 e. The van der Waals surface area contributed by atoms with Crippen LogP contribution in [0.4, 0.5) is 8.78 Å². The first kappa shape index (κ1) is 19.1. The number of aryl methyl sites for hydroxylation is 1. The van der Waals surface area contributed by atoms with Crippen LogP contribution in [-0.4, -0.2) is 13.4 Å². The highest BCUT2D eigenvalue weighted by atomic mass is 32.2. The number of halogens is 2. The monoisotopic (exact) mass is 388 g/mol. The van der Waals surface area contributed by atoms with Crippen LogP contribution in [0.15, 0.2) is 84.0 Å². The fourth-order valence-corrected chi connectivity index (χ4v) is 3.89. The molecule has 0 aliphatic carbocycles. The Balaban J connectivity index is 2.05. The second-order valence-corrected chi connectivity index (χ2v) is 7.86. The normalized spacial score (nSPS) is 13.3. The fourth-order valence-electron chi connectivity index (χ4n) is 2.66. The van der Waals surface area contributed by atoms with Gasteiger partial charge in [0.05, 0.1) is 4.90 Å². The van der Waals surface area contributed by atoms with Crippen LogP contribution >= 0.6 is 0 Å². The highest BCUT2D eigenvalue weighted by molar-refractivity contribution is 7.89. The van der Waals surface area contributed by atoms with E-state index in [1.54, 1.807) is 30.3 Å². The van der Waals surface area contributed by atoms with Crippen LogP contribution in [0.2, 0.25) is 0 Å². The maximum atomic E-state index is 15.2. The van der Waals surface area contributed by atoms with Crippen LogP contribution in [-0.2, 0) is 15.9 Å². The van der Waals surface area contributed by atoms with Crippen molar-refractivity contribution in [2.24, 2.45) is 0 Å². The van der Waals surface area contributed by atoms with Gasteiger partial charge in [-0.3, -0.25) is 4.98 Å². The zero-order chi connectivity index (χ0) is 19.5. The van der Waals surface area contributed by atoms with E-state index in [9.17, 15) is 8.42 Å². The highest BCUT2D eigenvalue weighted by Gasteiger charge is 2.44. The molecule has 27 heavy (non-hydrogen) atoms. The molecule has 0 aliphatic heterocycles. The third-order valence-corrected chi connectivity index (χ3v) is 5.58. The summed E-state index contributed by atoms with van der Waals surface area (Å²) in [7, 11) is -4.17. The third kappa shape index (κ3) is 4.20. The zero-order valence-electron chi connectivity index (χ0n) is 14.5. The summed E-state index contributed by atoms with van der Waals surface area (Å²) < 4.78 is 58.2. The quantitative estimate of drug-likeness (QED) is 0.688. The minimum absolute atomic E-state index is 0.0731. The van der Waals surface area contributed by atoms with E-state index >= 15 is 8.78 Å². The second-order valence-electron chi connectivity index (χ2n) is 6.14. The SMILES string of the molecule is Cc1ccc(S(=O)(=O)NC(c2ccccc2)C(F)(F)c2cccnc2)cc1. The summed E-state index contributed by atoms with van der Waals surface area (Å²) in [5.41, 5.74) is 0.654. The lowest BCUT2D eigenvalue weighted by molar-refractivity contribution is -0.0383. The van der Waals surface area contributed by atoms with Crippen molar-refractivity contribution in [3.05, 3.63) is 95.8 Å². The van der Waals surface area contributed by atoms with Crippen molar-refractivity contribution < 1.29 is 17.2 Å². The van der Waals surface area contributed by atoms with E-state index in [1.807, 2.05) is 6.92 Å². The van der Waals surface area contributed by atoms with E-state index in [0.29, 0.717) is 0 Å². The topological polar surface area (TPSA) is 59.1 Å². The van der Waals surface area contributed by atoms with Gasteiger partial charge in [0.25, 0.3) is 5.92 Å². The Morgan fingerprint density at radius 3 is 2.22 bits per heavy atom. The average molecular weight is 388 g/mol. The minimum Gasteiger partial charge on any atom is -0.264 e. The number of nitrogens with zero attached hydrogens (tertiary/aromatic N) is 1. The molecule has 1 aromatic heterocycles. The first-order valence-electron chi connectivity index (χ1n) is 8.23. The Bertz CT molecular complexity index is 993. The summed E-state index contributed by atoms with van der Waals surface area (Å²) >= 11 is 0. The Morgan fingerprint density at radius 2 is 1.63 bits per heavy atom. The standard InChI is InChI=1S/C20H18F2N2O2S/c1-15-9-11-18(12-10-15)27(25,26)24-19(16-6-3-2-4-7-16)20(21,22)17-8-5-13-23-14-17/h2-14,19,24H,1H3. The summed E-state index contributed by atoms with van der Waals surface area (Å²) in [6.45, 7) is 1.81. The van der Waals surface area contributed by atoms with Crippen LogP contribution < -0.4 is 4.72 Å². The van der Waals surface area contributed by atoms with Crippen molar-refractivity contribution >= 4 is 10.0 Å². The Kier molecular flexibility index (Phi) is 5.34. The van der Waals surface area contributed by atoms with E-state index in [1.165, 1.54) is 42.6 Å². The summed E-state index contributed by atoms with van der Waals surface area (Å²) in [5, 5.41) is 0. The molecule has 7 heteroatoms. The summed E-state index contributed by atoms with van der Waals surface area (Å²) in [6.07, 6.45) is 2.42. The molecule has 1 unspecified atom stereocenters. The Labute approximate surface area is 157 Å². The maximum Gasteiger partial charge on any atom is 0.294 e. The number of hydrogen-bond donors (Lipinski definition) is 1. The van der Waals surface area contributed by atoms with E-state index in [-0.39, 0.29) is 16.0 Å². The van der Waals surface area contributed by atoms with Gasteiger partial charge in [-0.25, -0.2) is 8.42 Å². The van der Waals surface area contributed by atoms with E-state index in [0.717, 1.165) is 11.8 Å². The molecule has 1 atom stereocenters. The number of aromatic nitrogens is 1. The van der Waals surface area contributed by atoms with Crippen molar-refractivity contribution in [1.29, 1.82) is 0 Å². The number of sulfonamides is 1. The average Bonchev–Trinajstić information content (AvgIpc) is 2.68. The molecule has 0 amide bonds. The Morgan fingerprint density at radius 1 is 0.963 bits per heavy atom. The van der Waals surface area contributed by atoms with E-state index in [2.05, 4.69) is 9.71 Å². The number of alkyl halides is 2. The predicted molar refractivity (Wildman–Crippen MR) is 98.8 cm³/mol. The maximum absolute atomic E-state index is 15.2. The summed E-state index contributed by atoms with van der Waals surface area (Å²) in [6, 6.07) is 14.6. The van der Waals surface area contributed by atoms with Crippen LogP contribution in [0, 0.1) is 6.92 Å². The third-order valence-electron chi connectivity index (χ3n) is 4.15.